The van der Waals surface area contributed by atoms with Crippen LogP contribution in [0.25, 0.3) is 22.4 Å². The summed E-state index contributed by atoms with van der Waals surface area (Å²) in [5.41, 5.74) is -11.4. The number of rotatable bonds is 2. The van der Waals surface area contributed by atoms with Crippen LogP contribution in [0.2, 0.25) is 0 Å². The van der Waals surface area contributed by atoms with Crippen molar-refractivity contribution >= 4 is 0 Å². The first kappa shape index (κ1) is 25.1. The molecule has 0 aliphatic carbocycles. The molecule has 0 aliphatic heterocycles. The zero-order valence-corrected chi connectivity index (χ0v) is 15.2. The van der Waals surface area contributed by atoms with Gasteiger partial charge in [0.1, 0.15) is 5.69 Å². The maximum atomic E-state index is 14.5. The van der Waals surface area contributed by atoms with E-state index < -0.39 is 99.1 Å². The van der Waals surface area contributed by atoms with Gasteiger partial charge in [0.15, 0.2) is 34.9 Å². The van der Waals surface area contributed by atoms with Gasteiger partial charge in [-0.15, -0.1) is 0 Å². The van der Waals surface area contributed by atoms with E-state index in [4.69, 9.17) is 0 Å². The molecule has 34 heavy (non-hydrogen) atoms. The van der Waals surface area contributed by atoms with Crippen molar-refractivity contribution in [3.05, 3.63) is 64.4 Å². The van der Waals surface area contributed by atoms with Crippen molar-refractivity contribution in [3.63, 3.8) is 0 Å². The molecule has 0 aliphatic rings. The summed E-state index contributed by atoms with van der Waals surface area (Å²) in [5.74, 6) is -24.1. The van der Waals surface area contributed by atoms with Crippen LogP contribution in [0.3, 0.4) is 0 Å². The Labute approximate surface area is 176 Å². The second-order valence-electron chi connectivity index (χ2n) is 6.16. The lowest BCUT2D eigenvalue weighted by Crippen LogP contribution is -2.18. The number of halogens is 14. The number of aromatic nitrogens is 3. The van der Waals surface area contributed by atoms with Crippen molar-refractivity contribution in [2.45, 2.75) is 12.4 Å². The molecule has 1 aromatic carbocycles. The first-order valence-electron chi connectivity index (χ1n) is 8.06. The topological polar surface area (TPSA) is 38.7 Å². The minimum absolute atomic E-state index is 0.498. The summed E-state index contributed by atoms with van der Waals surface area (Å²) >= 11 is 0. The van der Waals surface area contributed by atoms with Crippen molar-refractivity contribution in [2.75, 3.05) is 0 Å². The van der Waals surface area contributed by atoms with E-state index in [9.17, 15) is 61.5 Å². The number of hydrogen-bond donors (Lipinski definition) is 0. The average molecular weight is 513 g/mol. The minimum atomic E-state index is -5.74. The Hall–Kier alpha value is -3.53. The largest absolute Gasteiger partial charge is 0.451 e. The van der Waals surface area contributed by atoms with Crippen LogP contribution in [-0.4, -0.2) is 15.0 Å². The van der Waals surface area contributed by atoms with Crippen LogP contribution < -0.4 is 0 Å². The SMILES string of the molecule is Fc1nc(F)c(F)c(-c2c(F)c(F)c(-c3cc(C(F)(F)F)nc(C(F)(F)F)n3)c(F)c2F)c1F. The van der Waals surface area contributed by atoms with Crippen LogP contribution in [-0.2, 0) is 12.4 Å². The van der Waals surface area contributed by atoms with Crippen LogP contribution in [0.15, 0.2) is 6.07 Å². The van der Waals surface area contributed by atoms with Gasteiger partial charge in [-0.1, -0.05) is 0 Å². The molecule has 182 valence electrons. The fraction of sp³-hybridized carbons (Fsp3) is 0.118. The molecule has 0 saturated carbocycles. The molecule has 0 N–H and O–H groups in total. The second kappa shape index (κ2) is 8.05. The minimum Gasteiger partial charge on any atom is -0.224 e. The van der Waals surface area contributed by atoms with Crippen molar-refractivity contribution < 1.29 is 61.5 Å². The molecule has 0 spiro atoms. The molecule has 0 unspecified atom stereocenters. The van der Waals surface area contributed by atoms with E-state index in [1.807, 2.05) is 4.98 Å². The van der Waals surface area contributed by atoms with E-state index in [1.54, 1.807) is 0 Å². The molecular weight excluding hydrogens is 512 g/mol. The normalized spacial score (nSPS) is 12.4. The summed E-state index contributed by atoms with van der Waals surface area (Å²) in [7, 11) is 0. The van der Waals surface area contributed by atoms with Crippen LogP contribution in [0.5, 0.6) is 0 Å². The maximum Gasteiger partial charge on any atom is 0.451 e. The molecule has 0 bridgehead atoms. The van der Waals surface area contributed by atoms with E-state index in [1.165, 1.54) is 0 Å². The number of pyridine rings is 1. The third-order valence-electron chi connectivity index (χ3n) is 4.04. The molecule has 3 nitrogen and oxygen atoms in total. The predicted molar refractivity (Wildman–Crippen MR) is 80.4 cm³/mol. The Morgan fingerprint density at radius 2 is 0.882 bits per heavy atom. The van der Waals surface area contributed by atoms with E-state index >= 15 is 0 Å². The van der Waals surface area contributed by atoms with Gasteiger partial charge in [-0.2, -0.15) is 40.1 Å². The van der Waals surface area contributed by atoms with E-state index in [-0.39, 0.29) is 0 Å². The van der Waals surface area contributed by atoms with Gasteiger partial charge >= 0.3 is 12.4 Å². The average Bonchev–Trinajstić information content (AvgIpc) is 2.72. The first-order chi connectivity index (χ1) is 15.5. The van der Waals surface area contributed by atoms with E-state index in [0.29, 0.717) is 0 Å². The van der Waals surface area contributed by atoms with Crippen molar-refractivity contribution in [2.24, 2.45) is 0 Å². The Morgan fingerprint density at radius 1 is 0.471 bits per heavy atom. The maximum absolute atomic E-state index is 14.5. The van der Waals surface area contributed by atoms with Gasteiger partial charge in [-0.3, -0.25) is 0 Å². The zero-order chi connectivity index (χ0) is 25.9. The smallest absolute Gasteiger partial charge is 0.224 e. The predicted octanol–water partition coefficient (Wildman–Crippen LogP) is 6.36. The van der Waals surface area contributed by atoms with E-state index in [2.05, 4.69) is 9.97 Å². The highest BCUT2D eigenvalue weighted by molar-refractivity contribution is 5.72. The van der Waals surface area contributed by atoms with Gasteiger partial charge in [-0.25, -0.2) is 36.3 Å². The standard InChI is InChI=1S/C17HF14N3/c18-7-4(2-1-3(16(26,27)28)33-15(32-2)17(29,30)31)8(19)10(21)5(9(7)20)6-11(22)13(24)34-14(25)12(6)23/h1H. The highest BCUT2D eigenvalue weighted by Gasteiger charge is 2.42. The van der Waals surface area contributed by atoms with Crippen LogP contribution in [0.4, 0.5) is 61.5 Å². The molecule has 0 amide bonds. The lowest BCUT2D eigenvalue weighted by molar-refractivity contribution is -0.152. The van der Waals surface area contributed by atoms with Crippen molar-refractivity contribution in [1.29, 1.82) is 0 Å². The Kier molecular flexibility index (Phi) is 5.94. The molecule has 0 radical (unpaired) electrons. The number of hydrogen-bond acceptors (Lipinski definition) is 3. The Balaban J connectivity index is 2.42. The summed E-state index contributed by atoms with van der Waals surface area (Å²) in [4.78, 5) is 6.61. The van der Waals surface area contributed by atoms with Gasteiger partial charge in [-0.05, 0) is 6.07 Å². The lowest BCUT2D eigenvalue weighted by Gasteiger charge is -2.15. The Bertz CT molecular complexity index is 1230. The van der Waals surface area contributed by atoms with Gasteiger partial charge in [0.2, 0.25) is 5.82 Å². The summed E-state index contributed by atoms with van der Waals surface area (Å²) in [5, 5.41) is 0. The monoisotopic (exact) mass is 513 g/mol. The summed E-state index contributed by atoms with van der Waals surface area (Å²) in [6.07, 6.45) is -11.4. The number of benzene rings is 1. The molecule has 17 heteroatoms. The number of nitrogens with zero attached hydrogens (tertiary/aromatic N) is 3. The van der Waals surface area contributed by atoms with Crippen LogP contribution in [0, 0.1) is 46.8 Å². The second-order valence-corrected chi connectivity index (χ2v) is 6.16. The third-order valence-corrected chi connectivity index (χ3v) is 4.04. The van der Waals surface area contributed by atoms with Gasteiger partial charge < -0.3 is 0 Å². The first-order valence-corrected chi connectivity index (χ1v) is 8.06. The third kappa shape index (κ3) is 4.09. The zero-order valence-electron chi connectivity index (χ0n) is 15.2. The molecule has 0 fully saturated rings. The van der Waals surface area contributed by atoms with Crippen LogP contribution in [0.1, 0.15) is 11.5 Å². The molecule has 3 rings (SSSR count). The molecule has 3 aromatic rings. The fourth-order valence-corrected chi connectivity index (χ4v) is 2.63. The molecule has 0 saturated heterocycles. The quantitative estimate of drug-likeness (QED) is 0.228. The molecule has 0 atom stereocenters. The highest BCUT2D eigenvalue weighted by Crippen LogP contribution is 2.41. The summed E-state index contributed by atoms with van der Waals surface area (Å²) in [6, 6.07) is -0.498. The molecule has 2 heterocycles. The highest BCUT2D eigenvalue weighted by atomic mass is 19.4. The Morgan fingerprint density at radius 3 is 1.29 bits per heavy atom. The van der Waals surface area contributed by atoms with Gasteiger partial charge in [0, 0.05) is 0 Å². The van der Waals surface area contributed by atoms with Gasteiger partial charge in [0.05, 0.1) is 22.4 Å². The van der Waals surface area contributed by atoms with Crippen LogP contribution >= 0.6 is 0 Å². The lowest BCUT2D eigenvalue weighted by atomic mass is 9.99. The molecular formula is C17HF14N3. The van der Waals surface area contributed by atoms with Gasteiger partial charge in [0.25, 0.3) is 11.9 Å². The fourth-order valence-electron chi connectivity index (χ4n) is 2.63. The number of alkyl halides is 6. The van der Waals surface area contributed by atoms with Crippen molar-refractivity contribution in [1.82, 2.24) is 15.0 Å². The molecule has 2 aromatic heterocycles. The van der Waals surface area contributed by atoms with E-state index in [0.717, 1.165) is 0 Å². The van der Waals surface area contributed by atoms with Crippen molar-refractivity contribution in [3.8, 4) is 22.4 Å². The summed E-state index contributed by atoms with van der Waals surface area (Å²) < 4.78 is 190. The summed E-state index contributed by atoms with van der Waals surface area (Å²) in [6.45, 7) is 0.